The van der Waals surface area contributed by atoms with Gasteiger partial charge in [-0.05, 0) is 18.9 Å². The summed E-state index contributed by atoms with van der Waals surface area (Å²) in [5, 5.41) is 13.0. The molecule has 0 aromatic carbocycles. The molecule has 1 aliphatic rings. The summed E-state index contributed by atoms with van der Waals surface area (Å²) in [6.07, 6.45) is 4.56. The third kappa shape index (κ3) is 2.88. The molecule has 0 unspecified atom stereocenters. The number of hydrogen-bond donors (Lipinski definition) is 1. The van der Waals surface area contributed by atoms with Crippen LogP contribution in [0.1, 0.15) is 18.4 Å². The van der Waals surface area contributed by atoms with E-state index in [4.69, 9.17) is 5.11 Å². The Morgan fingerprint density at radius 2 is 2.33 bits per heavy atom. The van der Waals surface area contributed by atoms with Gasteiger partial charge >= 0.3 is 5.97 Å². The minimum absolute atomic E-state index is 0.00639. The molecule has 6 nitrogen and oxygen atoms in total. The molecule has 1 aliphatic heterocycles. The van der Waals surface area contributed by atoms with Crippen molar-refractivity contribution in [3.8, 4) is 0 Å². The highest BCUT2D eigenvalue weighted by Crippen LogP contribution is 2.17. The van der Waals surface area contributed by atoms with Crippen molar-refractivity contribution in [2.24, 2.45) is 5.92 Å². The lowest BCUT2D eigenvalue weighted by atomic mass is 10.1. The number of aryl methyl sites for hydroxylation is 2. The minimum atomic E-state index is -0.812. The number of carbonyl (C=O) groups excluding carboxylic acids is 1. The van der Waals surface area contributed by atoms with Crippen LogP contribution < -0.4 is 0 Å². The van der Waals surface area contributed by atoms with Crippen LogP contribution in [0, 0.1) is 12.8 Å². The highest BCUT2D eigenvalue weighted by atomic mass is 16.4. The van der Waals surface area contributed by atoms with E-state index >= 15 is 0 Å². The Balaban J connectivity index is 1.80. The van der Waals surface area contributed by atoms with Crippen LogP contribution in [0.25, 0.3) is 0 Å². The predicted octanol–water partition coefficient (Wildman–Crippen LogP) is 0.515. The largest absolute Gasteiger partial charge is 0.481 e. The summed E-state index contributed by atoms with van der Waals surface area (Å²) in [4.78, 5) is 24.3. The molecule has 6 heteroatoms. The van der Waals surface area contributed by atoms with E-state index in [-0.39, 0.29) is 5.91 Å². The van der Waals surface area contributed by atoms with E-state index in [0.717, 1.165) is 5.56 Å². The first kappa shape index (κ1) is 12.6. The Hall–Kier alpha value is -1.85. The van der Waals surface area contributed by atoms with Gasteiger partial charge in [-0.1, -0.05) is 0 Å². The monoisotopic (exact) mass is 251 g/mol. The quantitative estimate of drug-likeness (QED) is 0.846. The summed E-state index contributed by atoms with van der Waals surface area (Å²) in [5.41, 5.74) is 1.06. The maximum Gasteiger partial charge on any atom is 0.308 e. The zero-order chi connectivity index (χ0) is 13.1. The Morgan fingerprint density at radius 1 is 1.56 bits per heavy atom. The molecule has 2 heterocycles. The average molecular weight is 251 g/mol. The van der Waals surface area contributed by atoms with E-state index in [1.54, 1.807) is 15.8 Å². The highest BCUT2D eigenvalue weighted by molar-refractivity contribution is 5.78. The summed E-state index contributed by atoms with van der Waals surface area (Å²) in [6, 6.07) is 0. The minimum Gasteiger partial charge on any atom is -0.481 e. The Kier molecular flexibility index (Phi) is 3.64. The number of nitrogens with zero attached hydrogens (tertiary/aromatic N) is 3. The van der Waals surface area contributed by atoms with Gasteiger partial charge in [0.05, 0.1) is 12.1 Å². The molecule has 2 rings (SSSR count). The van der Waals surface area contributed by atoms with Crippen LogP contribution in [-0.4, -0.2) is 44.8 Å². The van der Waals surface area contributed by atoms with Crippen molar-refractivity contribution in [2.45, 2.75) is 26.3 Å². The smallest absolute Gasteiger partial charge is 0.308 e. The van der Waals surface area contributed by atoms with E-state index in [2.05, 4.69) is 5.10 Å². The van der Waals surface area contributed by atoms with Crippen LogP contribution in [0.2, 0.25) is 0 Å². The number of carboxylic acids is 1. The lowest BCUT2D eigenvalue weighted by Gasteiger charge is -2.15. The van der Waals surface area contributed by atoms with Gasteiger partial charge in [0, 0.05) is 32.3 Å². The molecule has 0 saturated carbocycles. The second-order valence-corrected chi connectivity index (χ2v) is 4.69. The van der Waals surface area contributed by atoms with Crippen molar-refractivity contribution in [1.29, 1.82) is 0 Å². The summed E-state index contributed by atoms with van der Waals surface area (Å²) < 4.78 is 1.73. The normalized spacial score (nSPS) is 19.2. The molecule has 1 fully saturated rings. The van der Waals surface area contributed by atoms with Gasteiger partial charge in [-0.3, -0.25) is 14.3 Å². The number of likely N-dealkylation sites (tertiary alicyclic amines) is 1. The van der Waals surface area contributed by atoms with Crippen LogP contribution in [0.3, 0.4) is 0 Å². The van der Waals surface area contributed by atoms with E-state index in [9.17, 15) is 9.59 Å². The zero-order valence-electron chi connectivity index (χ0n) is 10.4. The standard InChI is InChI=1S/C12H17N3O3/c1-9-6-13-15(7-9)5-3-11(16)14-4-2-10(8-14)12(17)18/h6-7,10H,2-5,8H2,1H3,(H,17,18)/t10-/m1/s1. The predicted molar refractivity (Wildman–Crippen MR) is 63.9 cm³/mol. The fourth-order valence-electron chi connectivity index (χ4n) is 2.15. The number of rotatable bonds is 4. The van der Waals surface area contributed by atoms with Gasteiger partial charge in [-0.25, -0.2) is 0 Å². The molecule has 98 valence electrons. The second-order valence-electron chi connectivity index (χ2n) is 4.69. The van der Waals surface area contributed by atoms with Crippen LogP contribution in [0.4, 0.5) is 0 Å². The lowest BCUT2D eigenvalue weighted by molar-refractivity contribution is -0.141. The first-order valence-electron chi connectivity index (χ1n) is 6.06. The Labute approximate surface area is 105 Å². The Morgan fingerprint density at radius 3 is 2.89 bits per heavy atom. The molecule has 1 saturated heterocycles. The molecule has 1 aromatic rings. The molecule has 0 bridgehead atoms. The number of carbonyl (C=O) groups is 2. The molecule has 1 amide bonds. The van der Waals surface area contributed by atoms with Gasteiger partial charge in [0.25, 0.3) is 0 Å². The Bertz CT molecular complexity index is 455. The van der Waals surface area contributed by atoms with Gasteiger partial charge in [-0.2, -0.15) is 5.10 Å². The van der Waals surface area contributed by atoms with Crippen molar-refractivity contribution in [1.82, 2.24) is 14.7 Å². The van der Waals surface area contributed by atoms with Crippen LogP contribution in [0.5, 0.6) is 0 Å². The van der Waals surface area contributed by atoms with Crippen LogP contribution >= 0.6 is 0 Å². The van der Waals surface area contributed by atoms with Crippen molar-refractivity contribution in [3.63, 3.8) is 0 Å². The number of amides is 1. The molecule has 1 N–H and O–H groups in total. The number of aliphatic carboxylic acids is 1. The first-order chi connectivity index (χ1) is 8.56. The second kappa shape index (κ2) is 5.20. The molecule has 0 radical (unpaired) electrons. The summed E-state index contributed by atoms with van der Waals surface area (Å²) in [7, 11) is 0. The van der Waals surface area contributed by atoms with E-state index in [1.165, 1.54) is 0 Å². The van der Waals surface area contributed by atoms with E-state index in [0.29, 0.717) is 32.5 Å². The molecule has 18 heavy (non-hydrogen) atoms. The van der Waals surface area contributed by atoms with Crippen LogP contribution in [0.15, 0.2) is 12.4 Å². The molecular weight excluding hydrogens is 234 g/mol. The van der Waals surface area contributed by atoms with Gasteiger partial charge in [0.2, 0.25) is 5.91 Å². The maximum atomic E-state index is 11.9. The van der Waals surface area contributed by atoms with E-state index < -0.39 is 11.9 Å². The van der Waals surface area contributed by atoms with Crippen molar-refractivity contribution < 1.29 is 14.7 Å². The number of aromatic nitrogens is 2. The van der Waals surface area contributed by atoms with Crippen molar-refractivity contribution in [2.75, 3.05) is 13.1 Å². The van der Waals surface area contributed by atoms with Gasteiger partial charge in [0.1, 0.15) is 0 Å². The molecule has 0 spiro atoms. The molecule has 1 aromatic heterocycles. The third-order valence-electron chi connectivity index (χ3n) is 3.21. The summed E-state index contributed by atoms with van der Waals surface area (Å²) >= 11 is 0. The first-order valence-corrected chi connectivity index (χ1v) is 6.06. The molecule has 1 atom stereocenters. The number of carboxylic acid groups (broad SMARTS) is 1. The third-order valence-corrected chi connectivity index (χ3v) is 3.21. The molecule has 0 aliphatic carbocycles. The fourth-order valence-corrected chi connectivity index (χ4v) is 2.15. The maximum absolute atomic E-state index is 11.9. The van der Waals surface area contributed by atoms with Gasteiger partial charge in [0.15, 0.2) is 0 Å². The summed E-state index contributed by atoms with van der Waals surface area (Å²) in [5.74, 6) is -1.21. The molecular formula is C12H17N3O3. The lowest BCUT2D eigenvalue weighted by Crippen LogP contribution is -2.30. The van der Waals surface area contributed by atoms with E-state index in [1.807, 2.05) is 13.1 Å². The number of hydrogen-bond acceptors (Lipinski definition) is 3. The topological polar surface area (TPSA) is 75.4 Å². The average Bonchev–Trinajstić information content (AvgIpc) is 2.94. The van der Waals surface area contributed by atoms with Gasteiger partial charge < -0.3 is 10.0 Å². The summed E-state index contributed by atoms with van der Waals surface area (Å²) in [6.45, 7) is 3.38. The SMILES string of the molecule is Cc1cnn(CCC(=O)N2CC[C@@H](C(=O)O)C2)c1. The zero-order valence-corrected chi connectivity index (χ0v) is 10.4. The van der Waals surface area contributed by atoms with Crippen LogP contribution in [-0.2, 0) is 16.1 Å². The highest BCUT2D eigenvalue weighted by Gasteiger charge is 2.30. The van der Waals surface area contributed by atoms with Gasteiger partial charge in [-0.15, -0.1) is 0 Å². The fraction of sp³-hybridized carbons (Fsp3) is 0.583. The van der Waals surface area contributed by atoms with Crippen molar-refractivity contribution >= 4 is 11.9 Å². The van der Waals surface area contributed by atoms with Crippen molar-refractivity contribution in [3.05, 3.63) is 18.0 Å².